The van der Waals surface area contributed by atoms with E-state index in [4.69, 9.17) is 4.74 Å². The van der Waals surface area contributed by atoms with Gasteiger partial charge in [0, 0.05) is 37.8 Å². The van der Waals surface area contributed by atoms with Crippen LogP contribution in [0.15, 0.2) is 42.5 Å². The minimum atomic E-state index is -4.38. The smallest absolute Gasteiger partial charge is 0.416 e. The molecule has 2 aliphatic heterocycles. The van der Waals surface area contributed by atoms with Crippen LogP contribution in [0.4, 0.5) is 13.2 Å². The molecule has 0 saturated carbocycles. The number of benzene rings is 2. The van der Waals surface area contributed by atoms with E-state index in [0.29, 0.717) is 31.1 Å². The Kier molecular flexibility index (Phi) is 6.02. The topological polar surface area (TPSA) is 49.9 Å². The number of piperidine rings is 1. The normalized spacial score (nSPS) is 21.0. The molecule has 2 aromatic carbocycles. The summed E-state index contributed by atoms with van der Waals surface area (Å²) < 4.78 is 69.6. The zero-order valence-corrected chi connectivity index (χ0v) is 18.0. The van der Waals surface area contributed by atoms with Crippen molar-refractivity contribution >= 4 is 10.0 Å². The Labute approximate surface area is 180 Å². The van der Waals surface area contributed by atoms with E-state index in [-0.39, 0.29) is 6.04 Å². The fourth-order valence-electron chi connectivity index (χ4n) is 4.36. The Morgan fingerprint density at radius 1 is 1.06 bits per heavy atom. The summed E-state index contributed by atoms with van der Waals surface area (Å²) >= 11 is 0. The molecule has 5 nitrogen and oxygen atoms in total. The van der Waals surface area contributed by atoms with Crippen LogP contribution in [0.5, 0.6) is 11.5 Å². The third-order valence-corrected chi connectivity index (χ3v) is 7.28. The van der Waals surface area contributed by atoms with Gasteiger partial charge in [0.05, 0.1) is 11.8 Å². The number of alkyl halides is 3. The summed E-state index contributed by atoms with van der Waals surface area (Å²) in [6, 6.07) is 10.6. The van der Waals surface area contributed by atoms with Crippen LogP contribution in [0.2, 0.25) is 0 Å². The summed E-state index contributed by atoms with van der Waals surface area (Å²) in [6.45, 7) is 2.56. The van der Waals surface area contributed by atoms with E-state index >= 15 is 0 Å². The fraction of sp³-hybridized carbons (Fsp3) is 0.455. The predicted molar refractivity (Wildman–Crippen MR) is 112 cm³/mol. The summed E-state index contributed by atoms with van der Waals surface area (Å²) in [5.41, 5.74) is 1.45. The van der Waals surface area contributed by atoms with Gasteiger partial charge in [-0.25, -0.2) is 12.7 Å². The number of ether oxygens (including phenoxy) is 1. The first-order valence-corrected chi connectivity index (χ1v) is 12.1. The zero-order valence-electron chi connectivity index (χ0n) is 17.2. The standard InChI is InChI=1S/C22H25F3N2O3S/c1-31(28,29)27-12-3-5-18(15-27)26-13-11-20-16(14-26)4-2-6-21(20)30-19-9-7-17(8-10-19)22(23,24)25/h2,4,6-10,18H,3,5,11-15H2,1H3. The van der Waals surface area contributed by atoms with Crippen molar-refractivity contribution in [2.24, 2.45) is 0 Å². The second kappa shape index (κ2) is 8.44. The molecule has 1 atom stereocenters. The number of fused-ring (bicyclic) bond motifs is 1. The van der Waals surface area contributed by atoms with Gasteiger partial charge < -0.3 is 4.74 Å². The quantitative estimate of drug-likeness (QED) is 0.692. The third-order valence-electron chi connectivity index (χ3n) is 6.01. The molecule has 2 aliphatic rings. The van der Waals surface area contributed by atoms with Crippen LogP contribution in [0.25, 0.3) is 0 Å². The number of nitrogens with zero attached hydrogens (tertiary/aromatic N) is 2. The second-order valence-corrected chi connectivity index (χ2v) is 10.1. The van der Waals surface area contributed by atoms with Crippen LogP contribution >= 0.6 is 0 Å². The number of halogens is 3. The van der Waals surface area contributed by atoms with Crippen LogP contribution in [-0.4, -0.2) is 49.6 Å². The molecule has 0 N–H and O–H groups in total. The Bertz CT molecular complexity index is 1040. The van der Waals surface area contributed by atoms with Crippen molar-refractivity contribution in [3.63, 3.8) is 0 Å². The van der Waals surface area contributed by atoms with Gasteiger partial charge in [0.15, 0.2) is 0 Å². The molecule has 2 aromatic rings. The van der Waals surface area contributed by atoms with Gasteiger partial charge in [-0.2, -0.15) is 13.2 Å². The molecule has 1 unspecified atom stereocenters. The van der Waals surface area contributed by atoms with E-state index in [0.717, 1.165) is 49.1 Å². The average molecular weight is 455 g/mol. The van der Waals surface area contributed by atoms with Gasteiger partial charge in [-0.1, -0.05) is 12.1 Å². The van der Waals surface area contributed by atoms with E-state index in [1.807, 2.05) is 18.2 Å². The molecular weight excluding hydrogens is 429 g/mol. The molecule has 0 spiro atoms. The Morgan fingerprint density at radius 2 is 1.81 bits per heavy atom. The molecule has 168 valence electrons. The summed E-state index contributed by atoms with van der Waals surface area (Å²) in [5.74, 6) is 1.01. The van der Waals surface area contributed by atoms with Crippen molar-refractivity contribution in [2.75, 3.05) is 25.9 Å². The minimum Gasteiger partial charge on any atom is -0.457 e. The highest BCUT2D eigenvalue weighted by Crippen LogP contribution is 2.35. The van der Waals surface area contributed by atoms with Gasteiger partial charge >= 0.3 is 6.18 Å². The Balaban J connectivity index is 1.48. The van der Waals surface area contributed by atoms with Crippen molar-refractivity contribution in [1.82, 2.24) is 9.21 Å². The van der Waals surface area contributed by atoms with Crippen molar-refractivity contribution in [2.45, 2.75) is 38.0 Å². The van der Waals surface area contributed by atoms with Crippen LogP contribution in [0.1, 0.15) is 29.5 Å². The van der Waals surface area contributed by atoms with Gasteiger partial charge in [-0.3, -0.25) is 4.90 Å². The number of hydrogen-bond acceptors (Lipinski definition) is 4. The summed E-state index contributed by atoms with van der Waals surface area (Å²) in [5, 5.41) is 0. The van der Waals surface area contributed by atoms with Crippen LogP contribution in [-0.2, 0) is 29.2 Å². The SMILES string of the molecule is CS(=O)(=O)N1CCCC(N2CCc3c(cccc3Oc3ccc(C(F)(F)F)cc3)C2)C1. The van der Waals surface area contributed by atoms with Gasteiger partial charge in [0.25, 0.3) is 0 Å². The fourth-order valence-corrected chi connectivity index (χ4v) is 5.27. The van der Waals surface area contributed by atoms with Gasteiger partial charge in [-0.15, -0.1) is 0 Å². The molecule has 1 fully saturated rings. The van der Waals surface area contributed by atoms with Crippen molar-refractivity contribution in [3.8, 4) is 11.5 Å². The van der Waals surface area contributed by atoms with Crippen molar-refractivity contribution in [3.05, 3.63) is 59.2 Å². The molecule has 4 rings (SSSR count). The van der Waals surface area contributed by atoms with Crippen LogP contribution in [0, 0.1) is 0 Å². The molecule has 9 heteroatoms. The van der Waals surface area contributed by atoms with E-state index in [1.165, 1.54) is 18.4 Å². The number of hydrogen-bond donors (Lipinski definition) is 0. The molecule has 1 saturated heterocycles. The molecule has 0 aromatic heterocycles. The average Bonchev–Trinajstić information content (AvgIpc) is 2.73. The maximum atomic E-state index is 12.8. The van der Waals surface area contributed by atoms with Gasteiger partial charge in [0.1, 0.15) is 11.5 Å². The molecule has 0 bridgehead atoms. The first-order chi connectivity index (χ1) is 14.6. The molecule has 0 aliphatic carbocycles. The second-order valence-electron chi connectivity index (χ2n) is 8.16. The summed E-state index contributed by atoms with van der Waals surface area (Å²) in [7, 11) is -3.20. The van der Waals surface area contributed by atoms with E-state index < -0.39 is 21.8 Å². The molecule has 31 heavy (non-hydrogen) atoms. The maximum absolute atomic E-state index is 12.8. The molecule has 0 radical (unpaired) electrons. The van der Waals surface area contributed by atoms with E-state index in [1.54, 1.807) is 4.31 Å². The van der Waals surface area contributed by atoms with Crippen LogP contribution in [0.3, 0.4) is 0 Å². The zero-order chi connectivity index (χ0) is 22.2. The number of rotatable bonds is 4. The molecule has 0 amide bonds. The monoisotopic (exact) mass is 454 g/mol. The Morgan fingerprint density at radius 3 is 2.48 bits per heavy atom. The highest BCUT2D eigenvalue weighted by Gasteiger charge is 2.32. The molecular formula is C22H25F3N2O3S. The van der Waals surface area contributed by atoms with E-state index in [2.05, 4.69) is 4.90 Å². The predicted octanol–water partition coefficient (Wildman–Crippen LogP) is 4.28. The third kappa shape index (κ3) is 5.05. The lowest BCUT2D eigenvalue weighted by molar-refractivity contribution is -0.137. The first-order valence-electron chi connectivity index (χ1n) is 10.3. The highest BCUT2D eigenvalue weighted by atomic mass is 32.2. The first kappa shape index (κ1) is 22.1. The highest BCUT2D eigenvalue weighted by molar-refractivity contribution is 7.88. The van der Waals surface area contributed by atoms with Crippen molar-refractivity contribution < 1.29 is 26.3 Å². The van der Waals surface area contributed by atoms with Gasteiger partial charge in [0.2, 0.25) is 10.0 Å². The largest absolute Gasteiger partial charge is 0.457 e. The summed E-state index contributed by atoms with van der Waals surface area (Å²) in [4.78, 5) is 2.32. The van der Waals surface area contributed by atoms with Crippen molar-refractivity contribution in [1.29, 1.82) is 0 Å². The lowest BCUT2D eigenvalue weighted by Gasteiger charge is -2.40. The maximum Gasteiger partial charge on any atom is 0.416 e. The minimum absolute atomic E-state index is 0.177. The van der Waals surface area contributed by atoms with E-state index in [9.17, 15) is 21.6 Å². The molecule has 2 heterocycles. The van der Waals surface area contributed by atoms with Gasteiger partial charge in [-0.05, 0) is 55.2 Å². The Hall–Kier alpha value is -2.10. The lowest BCUT2D eigenvalue weighted by atomic mass is 9.95. The summed E-state index contributed by atoms with van der Waals surface area (Å²) in [6.07, 6.45) is -0.575. The van der Waals surface area contributed by atoms with Crippen LogP contribution < -0.4 is 4.74 Å². The lowest BCUT2D eigenvalue weighted by Crippen LogP contribution is -2.50. The number of sulfonamides is 1.